The Balaban J connectivity index is 1.80. The van der Waals surface area contributed by atoms with E-state index in [1.165, 1.54) is 11.3 Å². The molecule has 2 N–H and O–H groups in total. The number of anilines is 1. The van der Waals surface area contributed by atoms with E-state index in [1.54, 1.807) is 5.51 Å². The highest BCUT2D eigenvalue weighted by atomic mass is 32.1. The number of amides is 1. The van der Waals surface area contributed by atoms with Crippen LogP contribution in [-0.4, -0.2) is 24.0 Å². The maximum Gasteiger partial charge on any atom is 0.267 e. The molecule has 1 aromatic carbocycles. The van der Waals surface area contributed by atoms with Gasteiger partial charge >= 0.3 is 0 Å². The standard InChI is InChI=1S/C14H15N3O2S/c1-9-13(20-8-16-9)14(18)17-11-2-3-12-10(6-11)7-15-4-5-19-12/h2-3,6,8,15H,4-5,7H2,1H3,(H,17,18). The number of nitrogens with zero attached hydrogens (tertiary/aromatic N) is 1. The molecule has 0 aliphatic carbocycles. The molecule has 0 saturated heterocycles. The highest BCUT2D eigenvalue weighted by molar-refractivity contribution is 7.12. The molecule has 20 heavy (non-hydrogen) atoms. The van der Waals surface area contributed by atoms with Gasteiger partial charge in [0.15, 0.2) is 0 Å². The maximum atomic E-state index is 12.1. The lowest BCUT2D eigenvalue weighted by Crippen LogP contribution is -2.16. The van der Waals surface area contributed by atoms with Gasteiger partial charge in [-0.05, 0) is 25.1 Å². The summed E-state index contributed by atoms with van der Waals surface area (Å²) in [6.07, 6.45) is 0. The van der Waals surface area contributed by atoms with Gasteiger partial charge in [-0.3, -0.25) is 4.79 Å². The van der Waals surface area contributed by atoms with Gasteiger partial charge in [-0.2, -0.15) is 0 Å². The molecule has 2 aromatic rings. The summed E-state index contributed by atoms with van der Waals surface area (Å²) in [6, 6.07) is 5.71. The fraction of sp³-hybridized carbons (Fsp3) is 0.286. The van der Waals surface area contributed by atoms with E-state index in [-0.39, 0.29) is 5.91 Å². The number of carbonyl (C=O) groups is 1. The molecule has 0 atom stereocenters. The predicted octanol–water partition coefficient (Wildman–Crippen LogP) is 2.19. The van der Waals surface area contributed by atoms with E-state index in [0.29, 0.717) is 11.5 Å². The number of rotatable bonds is 2. The third-order valence-corrected chi connectivity index (χ3v) is 4.05. The summed E-state index contributed by atoms with van der Waals surface area (Å²) in [4.78, 5) is 16.9. The summed E-state index contributed by atoms with van der Waals surface area (Å²) in [5.74, 6) is 0.759. The lowest BCUT2D eigenvalue weighted by atomic mass is 10.1. The normalized spacial score (nSPS) is 14.1. The van der Waals surface area contributed by atoms with Crippen molar-refractivity contribution in [2.24, 2.45) is 0 Å². The molecular formula is C14H15N3O2S. The Labute approximate surface area is 121 Å². The first-order chi connectivity index (χ1) is 9.74. The first-order valence-electron chi connectivity index (χ1n) is 6.42. The summed E-state index contributed by atoms with van der Waals surface area (Å²) in [5.41, 5.74) is 4.27. The topological polar surface area (TPSA) is 63.2 Å². The molecule has 1 aliphatic heterocycles. The fourth-order valence-corrected chi connectivity index (χ4v) is 2.80. The number of hydrogen-bond donors (Lipinski definition) is 2. The van der Waals surface area contributed by atoms with E-state index in [2.05, 4.69) is 15.6 Å². The van der Waals surface area contributed by atoms with Crippen molar-refractivity contribution in [3.63, 3.8) is 0 Å². The highest BCUT2D eigenvalue weighted by Crippen LogP contribution is 2.25. The lowest BCUT2D eigenvalue weighted by Gasteiger charge is -2.10. The van der Waals surface area contributed by atoms with Gasteiger partial charge in [-0.1, -0.05) is 0 Å². The molecule has 0 saturated carbocycles. The Morgan fingerprint density at radius 3 is 3.20 bits per heavy atom. The zero-order chi connectivity index (χ0) is 13.9. The molecule has 6 heteroatoms. The second kappa shape index (κ2) is 5.60. The molecule has 0 fully saturated rings. The van der Waals surface area contributed by atoms with Crippen molar-refractivity contribution in [1.29, 1.82) is 0 Å². The Bertz CT molecular complexity index is 639. The van der Waals surface area contributed by atoms with Crippen molar-refractivity contribution in [2.75, 3.05) is 18.5 Å². The van der Waals surface area contributed by atoms with Gasteiger partial charge in [0, 0.05) is 24.3 Å². The zero-order valence-electron chi connectivity index (χ0n) is 11.1. The third-order valence-electron chi connectivity index (χ3n) is 3.12. The van der Waals surface area contributed by atoms with Crippen LogP contribution in [0.25, 0.3) is 0 Å². The average molecular weight is 289 g/mol. The van der Waals surface area contributed by atoms with Crippen LogP contribution in [0.2, 0.25) is 0 Å². The molecule has 2 heterocycles. The quantitative estimate of drug-likeness (QED) is 0.889. The monoisotopic (exact) mass is 289 g/mol. The van der Waals surface area contributed by atoms with E-state index in [1.807, 2.05) is 25.1 Å². The summed E-state index contributed by atoms with van der Waals surface area (Å²) in [6.45, 7) is 4.08. The number of fused-ring (bicyclic) bond motifs is 1. The largest absolute Gasteiger partial charge is 0.492 e. The molecule has 0 radical (unpaired) electrons. The molecule has 1 aromatic heterocycles. The number of thiazole rings is 1. The highest BCUT2D eigenvalue weighted by Gasteiger charge is 2.14. The van der Waals surface area contributed by atoms with Crippen molar-refractivity contribution in [1.82, 2.24) is 10.3 Å². The molecule has 0 bridgehead atoms. The van der Waals surface area contributed by atoms with E-state index in [9.17, 15) is 4.79 Å². The van der Waals surface area contributed by atoms with Crippen LogP contribution in [0.3, 0.4) is 0 Å². The van der Waals surface area contributed by atoms with Crippen LogP contribution >= 0.6 is 11.3 Å². The Morgan fingerprint density at radius 1 is 1.50 bits per heavy atom. The van der Waals surface area contributed by atoms with Crippen molar-refractivity contribution in [2.45, 2.75) is 13.5 Å². The fourth-order valence-electron chi connectivity index (χ4n) is 2.10. The summed E-state index contributed by atoms with van der Waals surface area (Å²) >= 11 is 1.35. The molecule has 5 nitrogen and oxygen atoms in total. The smallest absolute Gasteiger partial charge is 0.267 e. The Morgan fingerprint density at radius 2 is 2.40 bits per heavy atom. The molecule has 1 amide bonds. The third kappa shape index (κ3) is 2.66. The minimum Gasteiger partial charge on any atom is -0.492 e. The van der Waals surface area contributed by atoms with Gasteiger partial charge < -0.3 is 15.4 Å². The van der Waals surface area contributed by atoms with E-state index >= 15 is 0 Å². The average Bonchev–Trinajstić information content (AvgIpc) is 2.73. The summed E-state index contributed by atoms with van der Waals surface area (Å²) < 4.78 is 5.62. The Hall–Kier alpha value is -1.92. The minimum atomic E-state index is -0.118. The van der Waals surface area contributed by atoms with Crippen molar-refractivity contribution in [3.8, 4) is 5.75 Å². The minimum absolute atomic E-state index is 0.118. The predicted molar refractivity (Wildman–Crippen MR) is 78.4 cm³/mol. The van der Waals surface area contributed by atoms with Gasteiger partial charge in [0.1, 0.15) is 17.2 Å². The number of hydrogen-bond acceptors (Lipinski definition) is 5. The number of carbonyl (C=O) groups excluding carboxylic acids is 1. The van der Waals surface area contributed by atoms with Crippen LogP contribution in [0.15, 0.2) is 23.7 Å². The van der Waals surface area contributed by atoms with Crippen LogP contribution in [0.5, 0.6) is 5.75 Å². The SMILES string of the molecule is Cc1ncsc1C(=O)Nc1ccc2c(c1)CNCCO2. The number of ether oxygens (including phenoxy) is 1. The first kappa shape index (κ1) is 13.1. The van der Waals surface area contributed by atoms with Gasteiger partial charge in [0.2, 0.25) is 0 Å². The number of aryl methyl sites for hydroxylation is 1. The van der Waals surface area contributed by atoms with Gasteiger partial charge in [-0.25, -0.2) is 4.98 Å². The van der Waals surface area contributed by atoms with E-state index in [4.69, 9.17) is 4.74 Å². The number of nitrogens with one attached hydrogen (secondary N) is 2. The zero-order valence-corrected chi connectivity index (χ0v) is 11.9. The van der Waals surface area contributed by atoms with Crippen LogP contribution in [-0.2, 0) is 6.54 Å². The molecule has 1 aliphatic rings. The van der Waals surface area contributed by atoms with Gasteiger partial charge in [0.25, 0.3) is 5.91 Å². The summed E-state index contributed by atoms with van der Waals surface area (Å²) in [7, 11) is 0. The van der Waals surface area contributed by atoms with E-state index < -0.39 is 0 Å². The molecule has 3 rings (SSSR count). The van der Waals surface area contributed by atoms with Crippen molar-refractivity contribution < 1.29 is 9.53 Å². The number of benzene rings is 1. The molecular weight excluding hydrogens is 274 g/mol. The molecule has 0 spiro atoms. The van der Waals surface area contributed by atoms with Crippen LogP contribution in [0.1, 0.15) is 20.9 Å². The first-order valence-corrected chi connectivity index (χ1v) is 7.30. The summed E-state index contributed by atoms with van der Waals surface area (Å²) in [5, 5.41) is 6.18. The second-order valence-electron chi connectivity index (χ2n) is 4.57. The molecule has 104 valence electrons. The molecule has 0 unspecified atom stereocenters. The van der Waals surface area contributed by atoms with Crippen molar-refractivity contribution in [3.05, 3.63) is 39.8 Å². The Kier molecular flexibility index (Phi) is 3.66. The van der Waals surface area contributed by atoms with Gasteiger partial charge in [-0.15, -0.1) is 11.3 Å². The van der Waals surface area contributed by atoms with Crippen LogP contribution in [0, 0.1) is 6.92 Å². The second-order valence-corrected chi connectivity index (χ2v) is 5.42. The van der Waals surface area contributed by atoms with Crippen molar-refractivity contribution >= 4 is 22.9 Å². The van der Waals surface area contributed by atoms with E-state index in [0.717, 1.165) is 35.8 Å². The van der Waals surface area contributed by atoms with Crippen LogP contribution < -0.4 is 15.4 Å². The van der Waals surface area contributed by atoms with Crippen LogP contribution in [0.4, 0.5) is 5.69 Å². The lowest BCUT2D eigenvalue weighted by molar-refractivity contribution is 0.103. The maximum absolute atomic E-state index is 12.1. The number of aromatic nitrogens is 1. The van der Waals surface area contributed by atoms with Gasteiger partial charge in [0.05, 0.1) is 11.2 Å².